The Morgan fingerprint density at radius 3 is 2.73 bits per heavy atom. The third-order valence-corrected chi connectivity index (χ3v) is 5.77. The van der Waals surface area contributed by atoms with Gasteiger partial charge in [0, 0.05) is 24.1 Å². The van der Waals surface area contributed by atoms with Crippen LogP contribution < -0.4 is 19.7 Å². The fourth-order valence-corrected chi connectivity index (χ4v) is 4.20. The van der Waals surface area contributed by atoms with Gasteiger partial charge in [-0.05, 0) is 42.8 Å². The van der Waals surface area contributed by atoms with Gasteiger partial charge in [0.2, 0.25) is 0 Å². The molecule has 0 spiro atoms. The highest BCUT2D eigenvalue weighted by Crippen LogP contribution is 2.33. The molecule has 158 valence electrons. The van der Waals surface area contributed by atoms with E-state index in [1.54, 1.807) is 12.1 Å². The highest BCUT2D eigenvalue weighted by atomic mass is 16.6. The Morgan fingerprint density at radius 1 is 1.13 bits per heavy atom. The molecule has 30 heavy (non-hydrogen) atoms. The maximum Gasteiger partial charge on any atom is 0.337 e. The van der Waals surface area contributed by atoms with Gasteiger partial charge in [0.15, 0.2) is 18.0 Å². The van der Waals surface area contributed by atoms with Crippen molar-refractivity contribution in [1.29, 1.82) is 0 Å². The first-order valence-electron chi connectivity index (χ1n) is 10.3. The summed E-state index contributed by atoms with van der Waals surface area (Å²) in [6.45, 7) is 4.33. The van der Waals surface area contributed by atoms with E-state index in [2.05, 4.69) is 11.4 Å². The summed E-state index contributed by atoms with van der Waals surface area (Å²) >= 11 is 0. The first-order chi connectivity index (χ1) is 14.5. The predicted molar refractivity (Wildman–Crippen MR) is 111 cm³/mol. The lowest BCUT2D eigenvalue weighted by Gasteiger charge is -2.24. The second kappa shape index (κ2) is 8.75. The summed E-state index contributed by atoms with van der Waals surface area (Å²) in [5, 5.41) is 2.97. The lowest BCUT2D eigenvalue weighted by molar-refractivity contribution is -0.910. The zero-order valence-electron chi connectivity index (χ0n) is 17.3. The minimum atomic E-state index is -0.422. The quantitative estimate of drug-likeness (QED) is 0.735. The molecule has 2 N–H and O–H groups in total. The summed E-state index contributed by atoms with van der Waals surface area (Å²) in [7, 11) is 1.34. The number of methoxy groups -OCH3 is 1. The van der Waals surface area contributed by atoms with E-state index in [1.807, 2.05) is 25.1 Å². The van der Waals surface area contributed by atoms with Crippen molar-refractivity contribution >= 4 is 17.6 Å². The number of hydrogen-bond acceptors (Lipinski definition) is 5. The molecular formula is C23H27N2O5+. The summed E-state index contributed by atoms with van der Waals surface area (Å²) in [6.07, 6.45) is 2.09. The lowest BCUT2D eigenvalue weighted by atomic mass is 10.0. The number of nitrogens with one attached hydrogen (secondary N) is 2. The van der Waals surface area contributed by atoms with E-state index in [0.29, 0.717) is 31.0 Å². The van der Waals surface area contributed by atoms with Crippen molar-refractivity contribution in [2.45, 2.75) is 25.8 Å². The van der Waals surface area contributed by atoms with Crippen molar-refractivity contribution in [3.8, 4) is 11.5 Å². The molecule has 0 saturated carbocycles. The molecule has 1 unspecified atom stereocenters. The summed E-state index contributed by atoms with van der Waals surface area (Å²) in [4.78, 5) is 25.8. The number of benzene rings is 2. The molecule has 2 aromatic carbocycles. The number of fused-ring (bicyclic) bond motifs is 1. The van der Waals surface area contributed by atoms with E-state index in [0.717, 1.165) is 36.4 Å². The van der Waals surface area contributed by atoms with Gasteiger partial charge in [-0.15, -0.1) is 0 Å². The second-order valence-corrected chi connectivity index (χ2v) is 7.75. The smallest absolute Gasteiger partial charge is 0.337 e. The number of quaternary nitrogens is 1. The van der Waals surface area contributed by atoms with Crippen LogP contribution in [0.4, 0.5) is 5.69 Å². The van der Waals surface area contributed by atoms with Crippen molar-refractivity contribution < 1.29 is 28.7 Å². The van der Waals surface area contributed by atoms with E-state index in [-0.39, 0.29) is 11.9 Å². The van der Waals surface area contributed by atoms with Crippen molar-refractivity contribution in [2.24, 2.45) is 0 Å². The standard InChI is InChI=1S/C23H26N2O5/c1-15-5-6-17(23(27)28-2)12-18(15)24-22(26)14-25-9-3-4-19(25)16-7-8-20-21(13-16)30-11-10-29-20/h5-8,12-13,19H,3-4,9-11,14H2,1-2H3,(H,24,26)/p+1/t19-/m0/s1. The van der Waals surface area contributed by atoms with Gasteiger partial charge in [0.25, 0.3) is 5.91 Å². The van der Waals surface area contributed by atoms with Gasteiger partial charge in [0.05, 0.1) is 19.2 Å². The highest BCUT2D eigenvalue weighted by molar-refractivity contribution is 5.95. The Balaban J connectivity index is 1.45. The number of likely N-dealkylation sites (tertiary alicyclic amines) is 1. The first-order valence-corrected chi connectivity index (χ1v) is 10.3. The Labute approximate surface area is 175 Å². The maximum absolute atomic E-state index is 12.8. The number of hydrogen-bond donors (Lipinski definition) is 2. The van der Waals surface area contributed by atoms with Crippen LogP contribution in [-0.4, -0.2) is 45.3 Å². The lowest BCUT2D eigenvalue weighted by Crippen LogP contribution is -3.11. The SMILES string of the molecule is COC(=O)c1ccc(C)c(NC(=O)C[NH+]2CCC[C@H]2c2ccc3c(c2)OCCO3)c1. The predicted octanol–water partition coefficient (Wildman–Crippen LogP) is 1.91. The van der Waals surface area contributed by atoms with Crippen LogP contribution in [0.25, 0.3) is 0 Å². The van der Waals surface area contributed by atoms with E-state index < -0.39 is 5.97 Å². The van der Waals surface area contributed by atoms with E-state index in [9.17, 15) is 9.59 Å². The van der Waals surface area contributed by atoms with Crippen LogP contribution in [0.1, 0.15) is 40.4 Å². The monoisotopic (exact) mass is 411 g/mol. The Morgan fingerprint density at radius 2 is 1.93 bits per heavy atom. The van der Waals surface area contributed by atoms with Gasteiger partial charge in [-0.25, -0.2) is 4.79 Å². The van der Waals surface area contributed by atoms with Crippen molar-refractivity contribution in [1.82, 2.24) is 0 Å². The molecule has 2 aromatic rings. The first kappa shape index (κ1) is 20.2. The summed E-state index contributed by atoms with van der Waals surface area (Å²) in [5.41, 5.74) is 3.12. The molecule has 0 aromatic heterocycles. The number of aryl methyl sites for hydroxylation is 1. The number of carbonyl (C=O) groups is 2. The molecule has 1 fully saturated rings. The average molecular weight is 411 g/mol. The number of carbonyl (C=O) groups excluding carboxylic acids is 2. The number of esters is 1. The van der Waals surface area contributed by atoms with Gasteiger partial charge in [-0.2, -0.15) is 0 Å². The van der Waals surface area contributed by atoms with E-state index in [1.165, 1.54) is 17.6 Å². The maximum atomic E-state index is 12.8. The third kappa shape index (κ3) is 4.26. The van der Waals surface area contributed by atoms with Crippen LogP contribution in [0.15, 0.2) is 36.4 Å². The molecular weight excluding hydrogens is 384 g/mol. The molecule has 4 rings (SSSR count). The zero-order chi connectivity index (χ0) is 21.1. The Kier molecular flexibility index (Phi) is 5.90. The molecule has 2 aliphatic rings. The molecule has 0 bridgehead atoms. The average Bonchev–Trinajstić information content (AvgIpc) is 3.22. The van der Waals surface area contributed by atoms with Crippen molar-refractivity contribution in [3.63, 3.8) is 0 Å². The van der Waals surface area contributed by atoms with Gasteiger partial charge in [0.1, 0.15) is 19.3 Å². The van der Waals surface area contributed by atoms with Crippen molar-refractivity contribution in [3.05, 3.63) is 53.1 Å². The van der Waals surface area contributed by atoms with E-state index in [4.69, 9.17) is 14.2 Å². The number of anilines is 1. The molecule has 1 amide bonds. The molecule has 7 heteroatoms. The van der Waals surface area contributed by atoms with Gasteiger partial charge in [-0.3, -0.25) is 4.79 Å². The van der Waals surface area contributed by atoms with Crippen LogP contribution in [0.5, 0.6) is 11.5 Å². The van der Waals surface area contributed by atoms with Crippen LogP contribution >= 0.6 is 0 Å². The fourth-order valence-electron chi connectivity index (χ4n) is 4.20. The summed E-state index contributed by atoms with van der Waals surface area (Å²) < 4.78 is 16.1. The van der Waals surface area contributed by atoms with Crippen LogP contribution in [-0.2, 0) is 9.53 Å². The summed E-state index contributed by atoms with van der Waals surface area (Å²) in [5.74, 6) is 1.07. The molecule has 0 radical (unpaired) electrons. The zero-order valence-corrected chi connectivity index (χ0v) is 17.3. The molecule has 1 saturated heterocycles. The van der Waals surface area contributed by atoms with E-state index >= 15 is 0 Å². The minimum absolute atomic E-state index is 0.0699. The molecule has 2 heterocycles. The molecule has 2 aliphatic heterocycles. The van der Waals surface area contributed by atoms with Crippen LogP contribution in [0.3, 0.4) is 0 Å². The molecule has 7 nitrogen and oxygen atoms in total. The second-order valence-electron chi connectivity index (χ2n) is 7.75. The third-order valence-electron chi connectivity index (χ3n) is 5.77. The van der Waals surface area contributed by atoms with Gasteiger partial charge in [-0.1, -0.05) is 6.07 Å². The van der Waals surface area contributed by atoms with Gasteiger partial charge < -0.3 is 24.4 Å². The Bertz CT molecular complexity index is 959. The fraction of sp³-hybridized carbons (Fsp3) is 0.391. The van der Waals surface area contributed by atoms with Crippen molar-refractivity contribution in [2.75, 3.05) is 38.7 Å². The summed E-state index contributed by atoms with van der Waals surface area (Å²) in [6, 6.07) is 11.5. The van der Waals surface area contributed by atoms with Crippen LogP contribution in [0.2, 0.25) is 0 Å². The van der Waals surface area contributed by atoms with Gasteiger partial charge >= 0.3 is 5.97 Å². The normalized spacial score (nSPS) is 19.9. The van der Waals surface area contributed by atoms with Crippen LogP contribution in [0, 0.1) is 6.92 Å². The minimum Gasteiger partial charge on any atom is -0.486 e. The highest BCUT2D eigenvalue weighted by Gasteiger charge is 2.32. The Hall–Kier alpha value is -3.06. The number of amides is 1. The number of rotatable bonds is 5. The molecule has 2 atom stereocenters. The topological polar surface area (TPSA) is 78.3 Å². The molecule has 0 aliphatic carbocycles. The number of ether oxygens (including phenoxy) is 3. The largest absolute Gasteiger partial charge is 0.486 e.